The highest BCUT2D eigenvalue weighted by Gasteiger charge is 2.31. The second-order valence-corrected chi connectivity index (χ2v) is 6.96. The molecule has 6 nitrogen and oxygen atoms in total. The highest BCUT2D eigenvalue weighted by Crippen LogP contribution is 2.33. The van der Waals surface area contributed by atoms with Crippen LogP contribution < -0.4 is 19.7 Å². The van der Waals surface area contributed by atoms with E-state index in [0.29, 0.717) is 22.9 Å². The molecular formula is C24H22N2O4. The van der Waals surface area contributed by atoms with Gasteiger partial charge in [0.25, 0.3) is 5.91 Å². The number of nitrogens with zero attached hydrogens (tertiary/aromatic N) is 1. The Morgan fingerprint density at radius 3 is 2.40 bits per heavy atom. The van der Waals surface area contributed by atoms with Crippen molar-refractivity contribution in [3.63, 3.8) is 0 Å². The molecule has 6 heteroatoms. The molecule has 0 radical (unpaired) electrons. The second-order valence-electron chi connectivity index (χ2n) is 6.96. The molecule has 152 valence electrons. The van der Waals surface area contributed by atoms with Gasteiger partial charge in [-0.3, -0.25) is 9.59 Å². The Kier molecular flexibility index (Phi) is 5.66. The zero-order chi connectivity index (χ0) is 20.9. The molecule has 2 amide bonds. The van der Waals surface area contributed by atoms with Crippen LogP contribution in [0.3, 0.4) is 0 Å². The Bertz CT molecular complexity index is 1030. The van der Waals surface area contributed by atoms with E-state index in [1.807, 2.05) is 54.6 Å². The molecule has 1 heterocycles. The molecule has 4 rings (SSSR count). The number of carbonyl (C=O) groups excluding carboxylic acids is 2. The number of anilines is 2. The molecule has 0 fully saturated rings. The third-order valence-corrected chi connectivity index (χ3v) is 4.75. The fourth-order valence-electron chi connectivity index (χ4n) is 3.26. The lowest BCUT2D eigenvalue weighted by Gasteiger charge is -2.32. The van der Waals surface area contributed by atoms with Gasteiger partial charge in [0.1, 0.15) is 17.2 Å². The average Bonchev–Trinajstić information content (AvgIpc) is 2.76. The van der Waals surface area contributed by atoms with Crippen molar-refractivity contribution in [1.82, 2.24) is 0 Å². The Morgan fingerprint density at radius 1 is 0.967 bits per heavy atom. The van der Waals surface area contributed by atoms with Crippen LogP contribution in [-0.4, -0.2) is 24.5 Å². The summed E-state index contributed by atoms with van der Waals surface area (Å²) in [5, 5.41) is 2.86. The number of rotatable bonds is 6. The summed E-state index contributed by atoms with van der Waals surface area (Å²) in [4.78, 5) is 26.5. The van der Waals surface area contributed by atoms with Crippen LogP contribution in [-0.2, 0) is 9.59 Å². The number of para-hydroxylation sites is 3. The summed E-state index contributed by atoms with van der Waals surface area (Å²) in [6, 6.07) is 24.0. The van der Waals surface area contributed by atoms with Gasteiger partial charge in [0, 0.05) is 18.7 Å². The minimum atomic E-state index is -0.569. The van der Waals surface area contributed by atoms with Crippen molar-refractivity contribution >= 4 is 23.2 Å². The Balaban J connectivity index is 1.34. The molecule has 1 aliphatic heterocycles. The lowest BCUT2D eigenvalue weighted by Crippen LogP contribution is -2.45. The van der Waals surface area contributed by atoms with E-state index in [1.165, 1.54) is 0 Å². The third kappa shape index (κ3) is 4.43. The normalized spacial score (nSPS) is 15.2. The van der Waals surface area contributed by atoms with Gasteiger partial charge in [0.2, 0.25) is 5.91 Å². The second kappa shape index (κ2) is 8.69. The Morgan fingerprint density at radius 2 is 1.63 bits per heavy atom. The summed E-state index contributed by atoms with van der Waals surface area (Å²) >= 11 is 0. The zero-order valence-electron chi connectivity index (χ0n) is 16.6. The van der Waals surface area contributed by atoms with E-state index < -0.39 is 6.10 Å². The molecule has 1 N–H and O–H groups in total. The molecule has 3 aromatic rings. The Labute approximate surface area is 175 Å². The lowest BCUT2D eigenvalue weighted by molar-refractivity contribution is -0.125. The fourth-order valence-corrected chi connectivity index (χ4v) is 3.26. The van der Waals surface area contributed by atoms with Crippen molar-refractivity contribution in [2.75, 3.05) is 16.8 Å². The highest BCUT2D eigenvalue weighted by molar-refractivity contribution is 6.00. The maximum Gasteiger partial charge on any atom is 0.267 e. The van der Waals surface area contributed by atoms with Gasteiger partial charge >= 0.3 is 0 Å². The van der Waals surface area contributed by atoms with Crippen LogP contribution >= 0.6 is 0 Å². The molecule has 0 saturated heterocycles. The average molecular weight is 402 g/mol. The number of ether oxygens (including phenoxy) is 2. The van der Waals surface area contributed by atoms with Gasteiger partial charge in [-0.05, 0) is 55.5 Å². The molecule has 1 aliphatic rings. The minimum absolute atomic E-state index is 0.149. The molecule has 1 atom stereocenters. The number of fused-ring (bicyclic) bond motifs is 1. The molecule has 0 spiro atoms. The number of benzene rings is 3. The molecule has 0 aliphatic carbocycles. The van der Waals surface area contributed by atoms with E-state index in [9.17, 15) is 9.59 Å². The maximum absolute atomic E-state index is 12.5. The van der Waals surface area contributed by atoms with Gasteiger partial charge in [0.05, 0.1) is 5.69 Å². The summed E-state index contributed by atoms with van der Waals surface area (Å²) in [7, 11) is 0. The quantitative estimate of drug-likeness (QED) is 0.653. The van der Waals surface area contributed by atoms with E-state index in [2.05, 4.69) is 5.32 Å². The van der Waals surface area contributed by atoms with Crippen molar-refractivity contribution in [2.45, 2.75) is 19.4 Å². The first kappa shape index (κ1) is 19.5. The summed E-state index contributed by atoms with van der Waals surface area (Å²) < 4.78 is 11.4. The van der Waals surface area contributed by atoms with Crippen molar-refractivity contribution in [3.8, 4) is 17.2 Å². The third-order valence-electron chi connectivity index (χ3n) is 4.75. The fraction of sp³-hybridized carbons (Fsp3) is 0.167. The number of nitrogens with one attached hydrogen (secondary N) is 1. The molecule has 0 bridgehead atoms. The molecule has 0 aromatic heterocycles. The zero-order valence-corrected chi connectivity index (χ0v) is 16.6. The number of amides is 2. The lowest BCUT2D eigenvalue weighted by atomic mass is 10.1. The molecule has 0 saturated carbocycles. The van der Waals surface area contributed by atoms with Gasteiger partial charge < -0.3 is 19.7 Å². The van der Waals surface area contributed by atoms with Crippen LogP contribution in [0.25, 0.3) is 0 Å². The summed E-state index contributed by atoms with van der Waals surface area (Å²) in [5.74, 6) is 1.77. The van der Waals surface area contributed by atoms with Gasteiger partial charge in [-0.1, -0.05) is 30.3 Å². The minimum Gasteiger partial charge on any atom is -0.479 e. The van der Waals surface area contributed by atoms with E-state index in [0.717, 1.165) is 5.75 Å². The van der Waals surface area contributed by atoms with Crippen molar-refractivity contribution in [2.24, 2.45) is 0 Å². The molecule has 30 heavy (non-hydrogen) atoms. The van der Waals surface area contributed by atoms with Crippen molar-refractivity contribution < 1.29 is 19.1 Å². The largest absolute Gasteiger partial charge is 0.479 e. The summed E-state index contributed by atoms with van der Waals surface area (Å²) in [6.07, 6.45) is -0.394. The van der Waals surface area contributed by atoms with Gasteiger partial charge in [-0.25, -0.2) is 0 Å². The van der Waals surface area contributed by atoms with Crippen LogP contribution in [0.1, 0.15) is 13.3 Å². The first-order chi connectivity index (χ1) is 14.6. The highest BCUT2D eigenvalue weighted by atomic mass is 16.5. The smallest absolute Gasteiger partial charge is 0.267 e. The molecular weight excluding hydrogens is 380 g/mol. The number of hydrogen-bond donors (Lipinski definition) is 1. The van der Waals surface area contributed by atoms with E-state index in [4.69, 9.17) is 9.47 Å². The number of carbonyl (C=O) groups is 2. The van der Waals surface area contributed by atoms with Crippen LogP contribution in [0, 0.1) is 0 Å². The summed E-state index contributed by atoms with van der Waals surface area (Å²) in [6.45, 7) is 2.00. The first-order valence-corrected chi connectivity index (χ1v) is 9.80. The van der Waals surface area contributed by atoms with Crippen molar-refractivity contribution in [1.29, 1.82) is 0 Å². The maximum atomic E-state index is 12.5. The topological polar surface area (TPSA) is 67.9 Å². The standard InChI is InChI=1S/C24H22N2O4/c1-17-24(28)26(21-9-5-6-10-22(21)29-17)16-15-23(27)25-18-11-13-20(14-12-18)30-19-7-3-2-4-8-19/h2-14,17H,15-16H2,1H3,(H,25,27). The first-order valence-electron chi connectivity index (χ1n) is 9.80. The van der Waals surface area contributed by atoms with Crippen LogP contribution in [0.5, 0.6) is 17.2 Å². The predicted molar refractivity (Wildman–Crippen MR) is 115 cm³/mol. The van der Waals surface area contributed by atoms with E-state index in [1.54, 1.807) is 36.1 Å². The van der Waals surface area contributed by atoms with Gasteiger partial charge in [0.15, 0.2) is 6.10 Å². The van der Waals surface area contributed by atoms with E-state index >= 15 is 0 Å². The van der Waals surface area contributed by atoms with Gasteiger partial charge in [-0.2, -0.15) is 0 Å². The number of hydrogen-bond acceptors (Lipinski definition) is 4. The van der Waals surface area contributed by atoms with Gasteiger partial charge in [-0.15, -0.1) is 0 Å². The van der Waals surface area contributed by atoms with Crippen molar-refractivity contribution in [3.05, 3.63) is 78.9 Å². The molecule has 1 unspecified atom stereocenters. The van der Waals surface area contributed by atoms with E-state index in [-0.39, 0.29) is 24.8 Å². The predicted octanol–water partition coefficient (Wildman–Crippen LogP) is 4.62. The van der Waals surface area contributed by atoms with Crippen LogP contribution in [0.15, 0.2) is 78.9 Å². The Hall–Kier alpha value is -3.80. The van der Waals surface area contributed by atoms with Crippen LogP contribution in [0.2, 0.25) is 0 Å². The SMILES string of the molecule is CC1Oc2ccccc2N(CCC(=O)Nc2ccc(Oc3ccccc3)cc2)C1=O. The monoisotopic (exact) mass is 402 g/mol. The molecule has 3 aromatic carbocycles. The van der Waals surface area contributed by atoms with Crippen LogP contribution in [0.4, 0.5) is 11.4 Å². The summed E-state index contributed by atoms with van der Waals surface area (Å²) in [5.41, 5.74) is 1.36.